The van der Waals surface area contributed by atoms with Crippen LogP contribution in [0, 0.1) is 16.7 Å². The van der Waals surface area contributed by atoms with E-state index in [-0.39, 0.29) is 19.3 Å². The summed E-state index contributed by atoms with van der Waals surface area (Å²) < 4.78 is 17.2. The number of fused-ring (bicyclic) bond motifs is 4. The van der Waals surface area contributed by atoms with Gasteiger partial charge in [0.1, 0.15) is 24.4 Å². The van der Waals surface area contributed by atoms with Gasteiger partial charge in [-0.15, -0.1) is 0 Å². The van der Waals surface area contributed by atoms with Gasteiger partial charge in [0.25, 0.3) is 0 Å². The standard InChI is InChI=1S/C33H40O9/c1-18-24(40-19(2)34)15-23-26(41-20(3)35)14-22-17-33(6,31(39)30(38)29(18)32(23,4)5)27(36)16-25(22)42-28(37)13-12-21-10-8-7-9-11-21/h7-14,23-27,30,36,38H,15-17H2,1-6H3/t23-,24-,25-,26-,27-,30+,33+/m0/s1. The predicted octanol–water partition coefficient (Wildman–Crippen LogP) is 3.87. The van der Waals surface area contributed by atoms with Gasteiger partial charge in [0.15, 0.2) is 5.78 Å². The monoisotopic (exact) mass is 580 g/mol. The first-order valence-corrected chi connectivity index (χ1v) is 14.3. The Labute approximate surface area is 246 Å². The maximum Gasteiger partial charge on any atom is 0.331 e. The Balaban J connectivity index is 1.82. The first-order chi connectivity index (χ1) is 19.6. The molecule has 0 heterocycles. The van der Waals surface area contributed by atoms with E-state index in [0.29, 0.717) is 16.7 Å². The molecule has 42 heavy (non-hydrogen) atoms. The van der Waals surface area contributed by atoms with Gasteiger partial charge in [-0.3, -0.25) is 14.4 Å². The zero-order valence-corrected chi connectivity index (χ0v) is 25.0. The van der Waals surface area contributed by atoms with Gasteiger partial charge in [0.2, 0.25) is 0 Å². The van der Waals surface area contributed by atoms with Crippen molar-refractivity contribution in [3.63, 3.8) is 0 Å². The van der Waals surface area contributed by atoms with Gasteiger partial charge in [-0.25, -0.2) is 4.79 Å². The van der Waals surface area contributed by atoms with Gasteiger partial charge in [-0.1, -0.05) is 44.2 Å². The number of rotatable bonds is 5. The zero-order valence-electron chi connectivity index (χ0n) is 25.0. The van der Waals surface area contributed by atoms with Gasteiger partial charge in [0.05, 0.1) is 11.5 Å². The molecular formula is C33H40O9. The molecule has 0 unspecified atom stereocenters. The van der Waals surface area contributed by atoms with Crippen molar-refractivity contribution in [3.8, 4) is 0 Å². The molecule has 0 amide bonds. The fourth-order valence-electron chi connectivity index (χ4n) is 6.83. The number of ketones is 1. The number of hydrogen-bond acceptors (Lipinski definition) is 9. The highest BCUT2D eigenvalue weighted by molar-refractivity contribution is 5.93. The van der Waals surface area contributed by atoms with E-state index in [0.717, 1.165) is 5.56 Å². The molecule has 9 heteroatoms. The maximum atomic E-state index is 14.0. The minimum Gasteiger partial charge on any atom is -0.458 e. The van der Waals surface area contributed by atoms with Gasteiger partial charge in [0, 0.05) is 32.3 Å². The number of benzene rings is 1. The lowest BCUT2D eigenvalue weighted by Gasteiger charge is -2.50. The quantitative estimate of drug-likeness (QED) is 0.230. The number of Topliss-reactive ketones (excluding diaryl/α,β-unsaturated/α-hetero) is 1. The molecule has 1 aromatic carbocycles. The van der Waals surface area contributed by atoms with Crippen LogP contribution in [0.15, 0.2) is 59.2 Å². The lowest BCUT2D eigenvalue weighted by atomic mass is 9.57. The highest BCUT2D eigenvalue weighted by Gasteiger charge is 2.56. The molecular weight excluding hydrogens is 540 g/mol. The van der Waals surface area contributed by atoms with E-state index in [1.807, 2.05) is 44.2 Å². The number of hydrogen-bond donors (Lipinski definition) is 2. The summed E-state index contributed by atoms with van der Waals surface area (Å²) in [6, 6.07) is 9.22. The Morgan fingerprint density at radius 3 is 2.19 bits per heavy atom. The van der Waals surface area contributed by atoms with Crippen LogP contribution in [0.2, 0.25) is 0 Å². The molecule has 9 nitrogen and oxygen atoms in total. The second kappa shape index (κ2) is 12.0. The molecule has 226 valence electrons. The molecule has 0 radical (unpaired) electrons. The molecule has 1 saturated carbocycles. The number of ether oxygens (including phenoxy) is 3. The van der Waals surface area contributed by atoms with Crippen molar-refractivity contribution in [2.24, 2.45) is 16.7 Å². The van der Waals surface area contributed by atoms with E-state index < -0.39 is 71.0 Å². The van der Waals surface area contributed by atoms with E-state index in [9.17, 15) is 29.4 Å². The van der Waals surface area contributed by atoms with Crippen molar-refractivity contribution in [1.82, 2.24) is 0 Å². The summed E-state index contributed by atoms with van der Waals surface area (Å²) in [4.78, 5) is 51.3. The zero-order chi connectivity index (χ0) is 31.0. The molecule has 3 aliphatic rings. The van der Waals surface area contributed by atoms with Gasteiger partial charge >= 0.3 is 17.9 Å². The van der Waals surface area contributed by atoms with Crippen LogP contribution in [0.4, 0.5) is 0 Å². The maximum absolute atomic E-state index is 14.0. The van der Waals surface area contributed by atoms with Crippen LogP contribution >= 0.6 is 0 Å². The van der Waals surface area contributed by atoms with Crippen molar-refractivity contribution < 1.29 is 43.6 Å². The summed E-state index contributed by atoms with van der Waals surface area (Å²) in [5.74, 6) is -2.80. The summed E-state index contributed by atoms with van der Waals surface area (Å²) in [5.41, 5.74) is -0.0597. The van der Waals surface area contributed by atoms with Gasteiger partial charge < -0.3 is 24.4 Å². The Hall–Kier alpha value is -3.56. The third-order valence-corrected chi connectivity index (χ3v) is 9.09. The van der Waals surface area contributed by atoms with Crippen molar-refractivity contribution in [3.05, 3.63) is 64.8 Å². The van der Waals surface area contributed by atoms with Crippen LogP contribution in [0.25, 0.3) is 6.08 Å². The van der Waals surface area contributed by atoms with Crippen LogP contribution in [-0.4, -0.2) is 64.4 Å². The van der Waals surface area contributed by atoms with Crippen LogP contribution in [0.5, 0.6) is 0 Å². The number of carbonyl (C=O) groups excluding carboxylic acids is 4. The SMILES string of the molecule is CC(=O)O[C@H]1C[C@H]2[C@@H](OC(C)=O)C=C3C[C@@](C)(C(=O)[C@H](O)C(=C1C)C2(C)C)[C@@H](O)C[C@@H]3OC(=O)C=Cc1ccccc1. The molecule has 0 aliphatic heterocycles. The van der Waals surface area contributed by atoms with E-state index in [2.05, 4.69) is 0 Å². The largest absolute Gasteiger partial charge is 0.458 e. The Morgan fingerprint density at radius 1 is 0.929 bits per heavy atom. The summed E-state index contributed by atoms with van der Waals surface area (Å²) in [7, 11) is 0. The Morgan fingerprint density at radius 2 is 1.57 bits per heavy atom. The molecule has 1 aromatic rings. The number of aliphatic hydroxyl groups excluding tert-OH is 2. The van der Waals surface area contributed by atoms with Crippen LogP contribution < -0.4 is 0 Å². The third kappa shape index (κ3) is 6.13. The predicted molar refractivity (Wildman–Crippen MR) is 153 cm³/mol. The number of esters is 3. The molecule has 0 aromatic heterocycles. The molecule has 4 rings (SSSR count). The van der Waals surface area contributed by atoms with Crippen molar-refractivity contribution >= 4 is 29.8 Å². The second-order valence-corrected chi connectivity index (χ2v) is 12.4. The molecule has 1 fully saturated rings. The van der Waals surface area contributed by atoms with Crippen LogP contribution in [0.1, 0.15) is 66.4 Å². The average Bonchev–Trinajstić information content (AvgIpc) is 2.90. The number of aliphatic hydroxyl groups is 2. The minimum atomic E-state index is -1.61. The molecule has 0 spiro atoms. The molecule has 0 saturated heterocycles. The summed E-state index contributed by atoms with van der Waals surface area (Å²) in [5, 5.41) is 22.9. The van der Waals surface area contributed by atoms with Gasteiger partial charge in [-0.05, 0) is 66.5 Å². The normalized spacial score (nSPS) is 32.6. The molecule has 4 bridgehead atoms. The fourth-order valence-corrected chi connectivity index (χ4v) is 6.83. The first-order valence-electron chi connectivity index (χ1n) is 14.3. The molecule has 2 N–H and O–H groups in total. The minimum absolute atomic E-state index is 0.0188. The Kier molecular flexibility index (Phi) is 8.94. The van der Waals surface area contributed by atoms with E-state index in [1.54, 1.807) is 26.0 Å². The Bertz CT molecular complexity index is 1340. The van der Waals surface area contributed by atoms with Crippen LogP contribution in [0.3, 0.4) is 0 Å². The molecule has 3 aliphatic carbocycles. The lowest BCUT2D eigenvalue weighted by molar-refractivity contribution is -0.157. The highest BCUT2D eigenvalue weighted by Crippen LogP contribution is 2.53. The fraction of sp³-hybridized carbons (Fsp3) is 0.515. The summed E-state index contributed by atoms with van der Waals surface area (Å²) in [6.07, 6.45) is -0.588. The van der Waals surface area contributed by atoms with E-state index in [1.165, 1.54) is 19.9 Å². The first kappa shape index (κ1) is 31.4. The summed E-state index contributed by atoms with van der Waals surface area (Å²) in [6.45, 7) is 9.59. The average molecular weight is 581 g/mol. The van der Waals surface area contributed by atoms with Gasteiger partial charge in [-0.2, -0.15) is 0 Å². The van der Waals surface area contributed by atoms with Crippen molar-refractivity contribution in [2.75, 3.05) is 0 Å². The summed E-state index contributed by atoms with van der Waals surface area (Å²) >= 11 is 0. The lowest BCUT2D eigenvalue weighted by Crippen LogP contribution is -2.56. The number of carbonyl (C=O) groups is 4. The van der Waals surface area contributed by atoms with Crippen LogP contribution in [-0.2, 0) is 33.4 Å². The topological polar surface area (TPSA) is 136 Å². The second-order valence-electron chi connectivity index (χ2n) is 12.4. The highest BCUT2D eigenvalue weighted by atomic mass is 16.6. The van der Waals surface area contributed by atoms with Crippen molar-refractivity contribution in [2.45, 2.75) is 91.3 Å². The van der Waals surface area contributed by atoms with E-state index in [4.69, 9.17) is 14.2 Å². The van der Waals surface area contributed by atoms with Crippen molar-refractivity contribution in [1.29, 1.82) is 0 Å². The smallest absolute Gasteiger partial charge is 0.331 e. The van der Waals surface area contributed by atoms with E-state index >= 15 is 0 Å². The third-order valence-electron chi connectivity index (χ3n) is 9.09. The molecule has 7 atom stereocenters.